The van der Waals surface area contributed by atoms with E-state index in [-0.39, 0.29) is 6.04 Å². The summed E-state index contributed by atoms with van der Waals surface area (Å²) in [5, 5.41) is 4.24. The van der Waals surface area contributed by atoms with E-state index in [9.17, 15) is 0 Å². The lowest BCUT2D eigenvalue weighted by molar-refractivity contribution is 0.411. The largest absolute Gasteiger partial charge is 0.271 e. The zero-order valence-corrected chi connectivity index (χ0v) is 11.3. The summed E-state index contributed by atoms with van der Waals surface area (Å²) in [6.07, 6.45) is 4.69. The van der Waals surface area contributed by atoms with Gasteiger partial charge in [-0.3, -0.25) is 11.3 Å². The smallest absolute Gasteiger partial charge is 0.138 e. The Balaban J connectivity index is 2.57. The Morgan fingerprint density at radius 2 is 2.00 bits per heavy atom. The molecule has 0 saturated heterocycles. The summed E-state index contributed by atoms with van der Waals surface area (Å²) in [5.74, 6) is 7.30. The van der Waals surface area contributed by atoms with Crippen molar-refractivity contribution in [3.8, 4) is 0 Å². The highest BCUT2D eigenvalue weighted by atomic mass is 15.3. The molecule has 0 fully saturated rings. The minimum atomic E-state index is 0.277. The van der Waals surface area contributed by atoms with Gasteiger partial charge in [-0.15, -0.1) is 0 Å². The van der Waals surface area contributed by atoms with Gasteiger partial charge >= 0.3 is 0 Å². The number of rotatable bonds is 7. The van der Waals surface area contributed by atoms with Crippen LogP contribution in [-0.2, 0) is 6.42 Å². The maximum atomic E-state index is 5.59. The third-order valence-electron chi connectivity index (χ3n) is 2.89. The topological polar surface area (TPSA) is 68.8 Å². The fourth-order valence-corrected chi connectivity index (χ4v) is 1.85. The van der Waals surface area contributed by atoms with Crippen LogP contribution >= 0.6 is 0 Å². The fraction of sp³-hybridized carbons (Fsp3) is 0.833. The Morgan fingerprint density at radius 1 is 1.29 bits per heavy atom. The first-order valence-corrected chi connectivity index (χ1v) is 6.39. The average Bonchev–Trinajstić information content (AvgIpc) is 2.71. The van der Waals surface area contributed by atoms with Gasteiger partial charge in [0.1, 0.15) is 12.2 Å². The van der Waals surface area contributed by atoms with Crippen molar-refractivity contribution in [1.29, 1.82) is 0 Å². The lowest BCUT2D eigenvalue weighted by atomic mass is 10.0. The van der Waals surface area contributed by atoms with Crippen LogP contribution < -0.4 is 11.3 Å². The number of aromatic nitrogens is 3. The minimum absolute atomic E-state index is 0.277. The molecule has 0 saturated carbocycles. The first-order valence-electron chi connectivity index (χ1n) is 6.39. The molecule has 1 aromatic rings. The van der Waals surface area contributed by atoms with Crippen LogP contribution in [0.3, 0.4) is 0 Å². The van der Waals surface area contributed by atoms with Gasteiger partial charge in [0.2, 0.25) is 0 Å². The maximum absolute atomic E-state index is 5.59. The highest BCUT2D eigenvalue weighted by Crippen LogP contribution is 2.12. The standard InChI is InChI=1S/C12H25N5/c1-9(2)5-6-11(16-13)7-12-14-8-15-17(12)10(3)4/h8-11,16H,5-7,13H2,1-4H3. The molecule has 1 aromatic heterocycles. The summed E-state index contributed by atoms with van der Waals surface area (Å²) >= 11 is 0. The summed E-state index contributed by atoms with van der Waals surface area (Å²) in [5.41, 5.74) is 2.88. The van der Waals surface area contributed by atoms with Gasteiger partial charge in [-0.1, -0.05) is 13.8 Å². The number of hydrazine groups is 1. The zero-order valence-electron chi connectivity index (χ0n) is 11.3. The molecular formula is C12H25N5. The van der Waals surface area contributed by atoms with Crippen LogP contribution in [0.15, 0.2) is 6.33 Å². The van der Waals surface area contributed by atoms with E-state index in [1.807, 2.05) is 4.68 Å². The first kappa shape index (κ1) is 14.1. The van der Waals surface area contributed by atoms with Gasteiger partial charge in [0.15, 0.2) is 0 Å². The monoisotopic (exact) mass is 239 g/mol. The molecule has 0 aromatic carbocycles. The molecule has 0 bridgehead atoms. The van der Waals surface area contributed by atoms with Crippen LogP contribution in [0.25, 0.3) is 0 Å². The normalized spacial score (nSPS) is 13.6. The maximum Gasteiger partial charge on any atom is 0.138 e. The van der Waals surface area contributed by atoms with Crippen molar-refractivity contribution in [3.05, 3.63) is 12.2 Å². The zero-order chi connectivity index (χ0) is 12.8. The summed E-state index contributed by atoms with van der Waals surface area (Å²) < 4.78 is 1.96. The van der Waals surface area contributed by atoms with E-state index >= 15 is 0 Å². The Bertz CT molecular complexity index is 318. The number of nitrogens with zero attached hydrogens (tertiary/aromatic N) is 3. The van der Waals surface area contributed by atoms with E-state index in [4.69, 9.17) is 5.84 Å². The predicted molar refractivity (Wildman–Crippen MR) is 69.3 cm³/mol. The van der Waals surface area contributed by atoms with E-state index in [0.29, 0.717) is 12.0 Å². The number of hydrogen-bond acceptors (Lipinski definition) is 4. The van der Waals surface area contributed by atoms with Crippen LogP contribution in [0, 0.1) is 5.92 Å². The van der Waals surface area contributed by atoms with Crippen molar-refractivity contribution in [2.75, 3.05) is 0 Å². The summed E-state index contributed by atoms with van der Waals surface area (Å²) in [6, 6.07) is 0.620. The molecule has 5 nitrogen and oxygen atoms in total. The lowest BCUT2D eigenvalue weighted by Gasteiger charge is -2.17. The van der Waals surface area contributed by atoms with Crippen LogP contribution in [0.1, 0.15) is 52.4 Å². The second kappa shape index (κ2) is 6.71. The number of hydrogen-bond donors (Lipinski definition) is 2. The van der Waals surface area contributed by atoms with Crippen molar-refractivity contribution >= 4 is 0 Å². The molecule has 0 aliphatic heterocycles. The van der Waals surface area contributed by atoms with Gasteiger partial charge in [0.25, 0.3) is 0 Å². The molecule has 5 heteroatoms. The van der Waals surface area contributed by atoms with Crippen molar-refractivity contribution in [2.45, 2.75) is 59.0 Å². The van der Waals surface area contributed by atoms with Gasteiger partial charge in [-0.05, 0) is 32.6 Å². The third-order valence-corrected chi connectivity index (χ3v) is 2.89. The second-order valence-electron chi connectivity index (χ2n) is 5.25. The first-order chi connectivity index (χ1) is 8.04. The Morgan fingerprint density at radius 3 is 2.53 bits per heavy atom. The molecule has 1 heterocycles. The van der Waals surface area contributed by atoms with Gasteiger partial charge < -0.3 is 0 Å². The van der Waals surface area contributed by atoms with Crippen LogP contribution in [0.5, 0.6) is 0 Å². The number of nitrogens with one attached hydrogen (secondary N) is 1. The Labute approximate surface area is 104 Å². The molecule has 98 valence electrons. The molecule has 0 aliphatic carbocycles. The van der Waals surface area contributed by atoms with Crippen LogP contribution in [0.2, 0.25) is 0 Å². The number of nitrogens with two attached hydrogens (primary N) is 1. The van der Waals surface area contributed by atoms with Gasteiger partial charge in [-0.2, -0.15) is 5.10 Å². The molecule has 1 atom stereocenters. The quantitative estimate of drug-likeness (QED) is 0.561. The van der Waals surface area contributed by atoms with Crippen LogP contribution in [-0.4, -0.2) is 20.8 Å². The van der Waals surface area contributed by atoms with Crippen LogP contribution in [0.4, 0.5) is 0 Å². The molecule has 17 heavy (non-hydrogen) atoms. The third kappa shape index (κ3) is 4.44. The second-order valence-corrected chi connectivity index (χ2v) is 5.25. The van der Waals surface area contributed by atoms with E-state index in [1.54, 1.807) is 6.33 Å². The predicted octanol–water partition coefficient (Wildman–Crippen LogP) is 1.67. The molecule has 3 N–H and O–H groups in total. The highest BCUT2D eigenvalue weighted by Gasteiger charge is 2.14. The SMILES string of the molecule is CC(C)CCC(Cc1ncnn1C(C)C)NN. The summed E-state index contributed by atoms with van der Waals surface area (Å²) in [6.45, 7) is 8.67. The van der Waals surface area contributed by atoms with Gasteiger partial charge in [-0.25, -0.2) is 9.67 Å². The van der Waals surface area contributed by atoms with Gasteiger partial charge in [0, 0.05) is 18.5 Å². The Kier molecular flexibility index (Phi) is 5.58. The highest BCUT2D eigenvalue weighted by molar-refractivity contribution is 4.90. The van der Waals surface area contributed by atoms with Crippen molar-refractivity contribution in [1.82, 2.24) is 20.2 Å². The van der Waals surface area contributed by atoms with E-state index in [2.05, 4.69) is 43.2 Å². The molecule has 0 spiro atoms. The van der Waals surface area contributed by atoms with Crippen molar-refractivity contribution in [2.24, 2.45) is 11.8 Å². The van der Waals surface area contributed by atoms with Crippen molar-refractivity contribution < 1.29 is 0 Å². The molecule has 1 unspecified atom stereocenters. The van der Waals surface area contributed by atoms with Crippen molar-refractivity contribution in [3.63, 3.8) is 0 Å². The molecule has 0 aliphatic rings. The lowest BCUT2D eigenvalue weighted by Crippen LogP contribution is -2.37. The fourth-order valence-electron chi connectivity index (χ4n) is 1.85. The Hall–Kier alpha value is -0.940. The molecule has 0 radical (unpaired) electrons. The van der Waals surface area contributed by atoms with E-state index in [1.165, 1.54) is 6.42 Å². The average molecular weight is 239 g/mol. The minimum Gasteiger partial charge on any atom is -0.271 e. The molecule has 0 amide bonds. The summed E-state index contributed by atoms with van der Waals surface area (Å²) in [7, 11) is 0. The molecular weight excluding hydrogens is 214 g/mol. The van der Waals surface area contributed by atoms with E-state index < -0.39 is 0 Å². The van der Waals surface area contributed by atoms with E-state index in [0.717, 1.165) is 18.7 Å². The summed E-state index contributed by atoms with van der Waals surface area (Å²) in [4.78, 5) is 4.31. The molecule has 1 rings (SSSR count). The van der Waals surface area contributed by atoms with Gasteiger partial charge in [0.05, 0.1) is 0 Å².